The van der Waals surface area contributed by atoms with Crippen LogP contribution in [0.4, 0.5) is 0 Å². The van der Waals surface area contributed by atoms with E-state index in [1.165, 1.54) is 42.1 Å². The molecular formula is C15H30N4. The molecule has 0 N–H and O–H groups in total. The second-order valence-corrected chi connectivity index (χ2v) is 6.04. The van der Waals surface area contributed by atoms with Crippen molar-refractivity contribution < 1.29 is 0 Å². The smallest absolute Gasteiger partial charge is 0.107 e. The molecule has 4 heteroatoms. The van der Waals surface area contributed by atoms with Gasteiger partial charge in [0.05, 0.1) is 0 Å². The standard InChI is InChI=1S/C15H30N4/c1-16(2)14(17(3)4)12-10-9-11-13(12)15(18(5)6)19(7)8/h9-11H2,1-8H3. The van der Waals surface area contributed by atoms with Crippen molar-refractivity contribution in [2.24, 2.45) is 0 Å². The van der Waals surface area contributed by atoms with Gasteiger partial charge in [0.15, 0.2) is 0 Å². The van der Waals surface area contributed by atoms with E-state index in [4.69, 9.17) is 0 Å². The van der Waals surface area contributed by atoms with Crippen molar-refractivity contribution in [3.63, 3.8) is 0 Å². The van der Waals surface area contributed by atoms with E-state index in [1.807, 2.05) is 0 Å². The zero-order chi connectivity index (χ0) is 14.7. The highest BCUT2D eigenvalue weighted by atomic mass is 15.3. The molecular weight excluding hydrogens is 236 g/mol. The Hall–Kier alpha value is -1.32. The van der Waals surface area contributed by atoms with Gasteiger partial charge in [-0.2, -0.15) is 0 Å². The van der Waals surface area contributed by atoms with Gasteiger partial charge in [-0.15, -0.1) is 0 Å². The summed E-state index contributed by atoms with van der Waals surface area (Å²) in [4.78, 5) is 8.90. The molecule has 0 amide bonds. The zero-order valence-corrected chi connectivity index (χ0v) is 13.9. The minimum Gasteiger partial charge on any atom is -0.364 e. The van der Waals surface area contributed by atoms with Gasteiger partial charge in [0.1, 0.15) is 11.6 Å². The van der Waals surface area contributed by atoms with Gasteiger partial charge >= 0.3 is 0 Å². The Morgan fingerprint density at radius 1 is 0.579 bits per heavy atom. The van der Waals surface area contributed by atoms with Crippen molar-refractivity contribution >= 4 is 0 Å². The largest absolute Gasteiger partial charge is 0.364 e. The second kappa shape index (κ2) is 6.22. The predicted molar refractivity (Wildman–Crippen MR) is 82.7 cm³/mol. The average Bonchev–Trinajstić information content (AvgIpc) is 2.64. The van der Waals surface area contributed by atoms with Crippen LogP contribution in [0.15, 0.2) is 22.8 Å². The molecule has 0 aromatic heterocycles. The Balaban J connectivity index is 3.42. The van der Waals surface area contributed by atoms with Crippen LogP contribution in [0.1, 0.15) is 19.3 Å². The summed E-state index contributed by atoms with van der Waals surface area (Å²) in [5, 5.41) is 0. The summed E-state index contributed by atoms with van der Waals surface area (Å²) in [6, 6.07) is 0. The summed E-state index contributed by atoms with van der Waals surface area (Å²) < 4.78 is 0. The van der Waals surface area contributed by atoms with Crippen LogP contribution in [0.3, 0.4) is 0 Å². The lowest BCUT2D eigenvalue weighted by atomic mass is 10.1. The van der Waals surface area contributed by atoms with Gasteiger partial charge in [-0.05, 0) is 30.4 Å². The Morgan fingerprint density at radius 3 is 1.05 bits per heavy atom. The number of hydrogen-bond donors (Lipinski definition) is 0. The number of allylic oxidation sites excluding steroid dienone is 2. The van der Waals surface area contributed by atoms with Crippen LogP contribution in [-0.4, -0.2) is 76.0 Å². The topological polar surface area (TPSA) is 13.0 Å². The highest BCUT2D eigenvalue weighted by Crippen LogP contribution is 2.37. The van der Waals surface area contributed by atoms with Crippen LogP contribution in [0.5, 0.6) is 0 Å². The maximum Gasteiger partial charge on any atom is 0.107 e. The van der Waals surface area contributed by atoms with Crippen LogP contribution in [0.25, 0.3) is 0 Å². The molecule has 110 valence electrons. The fourth-order valence-corrected chi connectivity index (χ4v) is 3.12. The molecule has 1 rings (SSSR count). The van der Waals surface area contributed by atoms with Crippen LogP contribution in [-0.2, 0) is 0 Å². The van der Waals surface area contributed by atoms with Crippen molar-refractivity contribution in [2.75, 3.05) is 56.4 Å². The molecule has 0 heterocycles. The summed E-state index contributed by atoms with van der Waals surface area (Å²) in [5.74, 6) is 2.66. The Bertz CT molecular complexity index is 320. The first-order valence-corrected chi connectivity index (χ1v) is 6.93. The molecule has 1 saturated carbocycles. The number of nitrogens with zero attached hydrogens (tertiary/aromatic N) is 4. The maximum atomic E-state index is 2.23. The molecule has 0 aromatic carbocycles. The first-order chi connectivity index (χ1) is 8.77. The molecule has 0 saturated heterocycles. The monoisotopic (exact) mass is 266 g/mol. The SMILES string of the molecule is CN(C)C(=C1CCCC1=C(N(C)C)N(C)C)N(C)C. The highest BCUT2D eigenvalue weighted by Gasteiger charge is 2.25. The Labute approximate surface area is 119 Å². The fourth-order valence-electron chi connectivity index (χ4n) is 3.12. The van der Waals surface area contributed by atoms with Crippen molar-refractivity contribution in [1.82, 2.24) is 19.6 Å². The van der Waals surface area contributed by atoms with Crippen molar-refractivity contribution in [3.8, 4) is 0 Å². The van der Waals surface area contributed by atoms with Gasteiger partial charge in [-0.25, -0.2) is 0 Å². The lowest BCUT2D eigenvalue weighted by molar-refractivity contribution is 0.326. The molecule has 0 unspecified atom stereocenters. The van der Waals surface area contributed by atoms with E-state index < -0.39 is 0 Å². The summed E-state index contributed by atoms with van der Waals surface area (Å²) in [6.45, 7) is 0. The minimum absolute atomic E-state index is 1.17. The maximum absolute atomic E-state index is 2.23. The third kappa shape index (κ3) is 3.37. The van der Waals surface area contributed by atoms with E-state index in [0.717, 1.165) is 0 Å². The highest BCUT2D eigenvalue weighted by molar-refractivity contribution is 5.40. The summed E-state index contributed by atoms with van der Waals surface area (Å²) in [7, 11) is 17.0. The van der Waals surface area contributed by atoms with Gasteiger partial charge in [0.25, 0.3) is 0 Å². The molecule has 0 bridgehead atoms. The zero-order valence-electron chi connectivity index (χ0n) is 13.9. The Morgan fingerprint density at radius 2 is 0.842 bits per heavy atom. The van der Waals surface area contributed by atoms with Crippen molar-refractivity contribution in [1.29, 1.82) is 0 Å². The summed E-state index contributed by atoms with van der Waals surface area (Å²) in [6.07, 6.45) is 3.60. The number of hydrogen-bond acceptors (Lipinski definition) is 4. The molecule has 4 nitrogen and oxygen atoms in total. The molecule has 1 aliphatic rings. The van der Waals surface area contributed by atoms with Crippen LogP contribution >= 0.6 is 0 Å². The average molecular weight is 266 g/mol. The van der Waals surface area contributed by atoms with Crippen LogP contribution in [0.2, 0.25) is 0 Å². The number of rotatable bonds is 4. The van der Waals surface area contributed by atoms with E-state index in [0.29, 0.717) is 0 Å². The van der Waals surface area contributed by atoms with Crippen LogP contribution in [0, 0.1) is 0 Å². The van der Waals surface area contributed by atoms with E-state index in [1.54, 1.807) is 0 Å². The van der Waals surface area contributed by atoms with E-state index in [2.05, 4.69) is 76.0 Å². The van der Waals surface area contributed by atoms with Crippen LogP contribution < -0.4 is 0 Å². The van der Waals surface area contributed by atoms with E-state index in [9.17, 15) is 0 Å². The molecule has 0 aliphatic heterocycles. The Kier molecular flexibility index (Phi) is 5.15. The first-order valence-electron chi connectivity index (χ1n) is 6.93. The van der Waals surface area contributed by atoms with Gasteiger partial charge in [-0.1, -0.05) is 0 Å². The lowest BCUT2D eigenvalue weighted by Gasteiger charge is -2.31. The quantitative estimate of drug-likeness (QED) is 0.770. The molecule has 0 spiro atoms. The van der Waals surface area contributed by atoms with E-state index >= 15 is 0 Å². The first kappa shape index (κ1) is 15.7. The molecule has 19 heavy (non-hydrogen) atoms. The lowest BCUT2D eigenvalue weighted by Crippen LogP contribution is -2.29. The van der Waals surface area contributed by atoms with Crippen molar-refractivity contribution in [3.05, 3.63) is 22.8 Å². The third-order valence-corrected chi connectivity index (χ3v) is 3.45. The van der Waals surface area contributed by atoms with Crippen molar-refractivity contribution in [2.45, 2.75) is 19.3 Å². The fraction of sp³-hybridized carbons (Fsp3) is 0.733. The molecule has 1 aliphatic carbocycles. The second-order valence-electron chi connectivity index (χ2n) is 6.04. The predicted octanol–water partition coefficient (Wildman–Crippen LogP) is 1.84. The van der Waals surface area contributed by atoms with E-state index in [-0.39, 0.29) is 0 Å². The third-order valence-electron chi connectivity index (χ3n) is 3.45. The van der Waals surface area contributed by atoms with Gasteiger partial charge in [-0.3, -0.25) is 0 Å². The summed E-state index contributed by atoms with van der Waals surface area (Å²) >= 11 is 0. The van der Waals surface area contributed by atoms with Gasteiger partial charge in [0.2, 0.25) is 0 Å². The minimum atomic E-state index is 1.17. The molecule has 0 radical (unpaired) electrons. The van der Waals surface area contributed by atoms with Gasteiger partial charge < -0.3 is 19.6 Å². The summed E-state index contributed by atoms with van der Waals surface area (Å²) in [5.41, 5.74) is 2.99. The van der Waals surface area contributed by atoms with Gasteiger partial charge in [0, 0.05) is 56.4 Å². The molecule has 0 aromatic rings. The molecule has 0 atom stereocenters. The molecule has 1 fully saturated rings. The normalized spacial score (nSPS) is 14.5.